The highest BCUT2D eigenvalue weighted by Crippen LogP contribution is 2.41. The molecule has 0 spiro atoms. The molecule has 0 aliphatic heterocycles. The van der Waals surface area contributed by atoms with Gasteiger partial charge in [0.25, 0.3) is 0 Å². The molecule has 0 unspecified atom stereocenters. The largest absolute Gasteiger partial charge is 0.456 e. The number of para-hydroxylation sites is 1. The van der Waals surface area contributed by atoms with Gasteiger partial charge in [-0.2, -0.15) is 0 Å². The Kier molecular flexibility index (Phi) is 7.78. The van der Waals surface area contributed by atoms with Crippen LogP contribution in [0.2, 0.25) is 0 Å². The van der Waals surface area contributed by atoms with E-state index in [0.29, 0.717) is 11.5 Å². The Morgan fingerprint density at radius 1 is 0.283 bits per heavy atom. The quantitative estimate of drug-likeness (QED) is 0.162. The molecule has 0 N–H and O–H groups in total. The van der Waals surface area contributed by atoms with Gasteiger partial charge in [0.15, 0.2) is 5.58 Å². The maximum Gasteiger partial charge on any atom is 0.227 e. The molecule has 282 valence electrons. The number of fused-ring (bicyclic) bond motifs is 7. The molecule has 5 heteroatoms. The van der Waals surface area contributed by atoms with Crippen molar-refractivity contribution in [3.05, 3.63) is 206 Å². The molecule has 0 atom stereocenters. The van der Waals surface area contributed by atoms with Crippen LogP contribution in [0.5, 0.6) is 0 Å². The fourth-order valence-electron chi connectivity index (χ4n) is 8.47. The number of rotatable bonds is 7. The van der Waals surface area contributed by atoms with Crippen molar-refractivity contribution < 1.29 is 13.3 Å². The summed E-state index contributed by atoms with van der Waals surface area (Å²) in [5.41, 5.74) is 15.7. The molecule has 0 saturated heterocycles. The molecule has 60 heavy (non-hydrogen) atoms. The smallest absolute Gasteiger partial charge is 0.227 e. The van der Waals surface area contributed by atoms with E-state index < -0.39 is 0 Å². The van der Waals surface area contributed by atoms with Crippen molar-refractivity contribution in [3.63, 3.8) is 0 Å². The summed E-state index contributed by atoms with van der Waals surface area (Å²) in [6.45, 7) is 0. The Morgan fingerprint density at radius 3 is 1.45 bits per heavy atom. The zero-order valence-corrected chi connectivity index (χ0v) is 32.2. The maximum atomic E-state index is 6.47. The van der Waals surface area contributed by atoms with Gasteiger partial charge in [0.2, 0.25) is 5.89 Å². The van der Waals surface area contributed by atoms with Gasteiger partial charge in [-0.25, -0.2) is 4.98 Å². The first-order chi connectivity index (χ1) is 29.7. The van der Waals surface area contributed by atoms with Gasteiger partial charge in [-0.3, -0.25) is 0 Å². The number of aromatic nitrogens is 1. The van der Waals surface area contributed by atoms with Crippen LogP contribution in [-0.4, -0.2) is 4.98 Å². The summed E-state index contributed by atoms with van der Waals surface area (Å²) in [4.78, 5) is 7.16. The monoisotopic (exact) mass is 770 g/mol. The van der Waals surface area contributed by atoms with Crippen LogP contribution in [-0.2, 0) is 0 Å². The molecule has 5 nitrogen and oxygen atoms in total. The van der Waals surface area contributed by atoms with E-state index in [-0.39, 0.29) is 0 Å². The first-order valence-electron chi connectivity index (χ1n) is 20.1. The van der Waals surface area contributed by atoms with Crippen LogP contribution in [0.1, 0.15) is 0 Å². The minimum Gasteiger partial charge on any atom is -0.456 e. The lowest BCUT2D eigenvalue weighted by molar-refractivity contribution is 0.617. The van der Waals surface area contributed by atoms with Crippen molar-refractivity contribution in [2.24, 2.45) is 0 Å². The van der Waals surface area contributed by atoms with Gasteiger partial charge in [0, 0.05) is 56.3 Å². The van der Waals surface area contributed by atoms with E-state index in [2.05, 4.69) is 181 Å². The number of furan rings is 2. The van der Waals surface area contributed by atoms with Gasteiger partial charge >= 0.3 is 0 Å². The van der Waals surface area contributed by atoms with Gasteiger partial charge in [0.1, 0.15) is 27.8 Å². The first-order valence-corrected chi connectivity index (χ1v) is 20.1. The summed E-state index contributed by atoms with van der Waals surface area (Å²) in [6, 6.07) is 71.7. The lowest BCUT2D eigenvalue weighted by Gasteiger charge is -2.26. The molecule has 0 amide bonds. The average molecular weight is 771 g/mol. The van der Waals surface area contributed by atoms with Crippen molar-refractivity contribution in [1.29, 1.82) is 0 Å². The van der Waals surface area contributed by atoms with Crippen molar-refractivity contribution in [2.75, 3.05) is 4.90 Å². The van der Waals surface area contributed by atoms with E-state index in [1.165, 1.54) is 16.7 Å². The van der Waals surface area contributed by atoms with E-state index in [9.17, 15) is 0 Å². The molecule has 0 aliphatic carbocycles. The van der Waals surface area contributed by atoms with Crippen LogP contribution < -0.4 is 4.90 Å². The first kappa shape index (κ1) is 33.9. The SMILES string of the molecule is c1ccc(-c2ccc(-c3nc4cc5c(cc4o3)oc3cc(-c4ccc(N(c6ccc(-c7ccccc7)cc6)c6ccc7c(c6)oc6ccccc67)cc4)ccc35)cc2)cc1. The third kappa shape index (κ3) is 5.83. The van der Waals surface area contributed by atoms with Crippen molar-refractivity contribution >= 4 is 72.0 Å². The number of nitrogens with zero attached hydrogens (tertiary/aromatic N) is 2. The summed E-state index contributed by atoms with van der Waals surface area (Å²) in [7, 11) is 0. The van der Waals surface area contributed by atoms with Crippen molar-refractivity contribution in [3.8, 4) is 44.8 Å². The summed E-state index contributed by atoms with van der Waals surface area (Å²) < 4.78 is 19.1. The van der Waals surface area contributed by atoms with Gasteiger partial charge in [0.05, 0.1) is 0 Å². The highest BCUT2D eigenvalue weighted by atomic mass is 16.4. The van der Waals surface area contributed by atoms with Crippen LogP contribution >= 0.6 is 0 Å². The lowest BCUT2D eigenvalue weighted by Crippen LogP contribution is -2.09. The zero-order chi connectivity index (χ0) is 39.6. The van der Waals surface area contributed by atoms with E-state index in [4.69, 9.17) is 18.2 Å². The maximum absolute atomic E-state index is 6.47. The molecule has 9 aromatic carbocycles. The van der Waals surface area contributed by atoms with Gasteiger partial charge in [-0.15, -0.1) is 0 Å². The molecular formula is C55H34N2O3. The molecular weight excluding hydrogens is 737 g/mol. The fraction of sp³-hybridized carbons (Fsp3) is 0. The van der Waals surface area contributed by atoms with Gasteiger partial charge < -0.3 is 18.2 Å². The van der Waals surface area contributed by atoms with Crippen LogP contribution in [0.15, 0.2) is 220 Å². The van der Waals surface area contributed by atoms with Crippen LogP contribution in [0.3, 0.4) is 0 Å². The summed E-state index contributed by atoms with van der Waals surface area (Å²) in [5, 5.41) is 4.26. The fourth-order valence-corrected chi connectivity index (χ4v) is 8.47. The van der Waals surface area contributed by atoms with E-state index in [1.54, 1.807) is 0 Å². The molecule has 12 aromatic rings. The molecule has 0 aliphatic rings. The van der Waals surface area contributed by atoms with E-state index in [0.717, 1.165) is 88.7 Å². The number of hydrogen-bond donors (Lipinski definition) is 0. The number of anilines is 3. The summed E-state index contributed by atoms with van der Waals surface area (Å²) >= 11 is 0. The third-order valence-electron chi connectivity index (χ3n) is 11.5. The lowest BCUT2D eigenvalue weighted by atomic mass is 10.0. The Morgan fingerprint density at radius 2 is 0.750 bits per heavy atom. The molecule has 3 heterocycles. The zero-order valence-electron chi connectivity index (χ0n) is 32.2. The third-order valence-corrected chi connectivity index (χ3v) is 11.5. The molecule has 0 fully saturated rings. The van der Waals surface area contributed by atoms with Crippen LogP contribution in [0, 0.1) is 0 Å². The van der Waals surface area contributed by atoms with Gasteiger partial charge in [-0.1, -0.05) is 121 Å². The second-order valence-electron chi connectivity index (χ2n) is 15.2. The molecule has 12 rings (SSSR count). The Bertz CT molecular complexity index is 3510. The molecule has 3 aromatic heterocycles. The van der Waals surface area contributed by atoms with Crippen molar-refractivity contribution in [2.45, 2.75) is 0 Å². The highest BCUT2D eigenvalue weighted by molar-refractivity contribution is 6.10. The Labute approximate surface area is 345 Å². The molecule has 0 bridgehead atoms. The van der Waals surface area contributed by atoms with E-state index in [1.807, 2.05) is 30.3 Å². The average Bonchev–Trinajstić information content (AvgIpc) is 4.02. The number of hydrogen-bond acceptors (Lipinski definition) is 5. The minimum atomic E-state index is 0.588. The Balaban J connectivity index is 0.868. The predicted molar refractivity (Wildman–Crippen MR) is 245 cm³/mol. The standard InChI is InChI=1S/C55H34N2O3/c1-3-9-35(10-4-1)37-15-17-40(18-16-37)55-56-49-33-48-47-29-23-41(31-51(47)59-53(48)34-54(49)60-55)39-21-26-43(27-22-39)57(42-24-19-38(20-25-42)36-11-5-2-6-12-36)44-28-30-46-45-13-7-8-14-50(45)58-52(46)32-44/h1-34H. The number of benzene rings is 9. The summed E-state index contributed by atoms with van der Waals surface area (Å²) in [5.74, 6) is 0.588. The molecule has 0 radical (unpaired) electrons. The minimum absolute atomic E-state index is 0.588. The van der Waals surface area contributed by atoms with Crippen molar-refractivity contribution in [1.82, 2.24) is 4.98 Å². The normalized spacial score (nSPS) is 11.7. The highest BCUT2D eigenvalue weighted by Gasteiger charge is 2.18. The topological polar surface area (TPSA) is 55.6 Å². The number of oxazole rings is 1. The van der Waals surface area contributed by atoms with Crippen LogP contribution in [0.4, 0.5) is 17.1 Å². The molecule has 0 saturated carbocycles. The summed E-state index contributed by atoms with van der Waals surface area (Å²) in [6.07, 6.45) is 0. The Hall–Kier alpha value is -8.15. The van der Waals surface area contributed by atoms with Crippen LogP contribution in [0.25, 0.3) is 99.8 Å². The second-order valence-corrected chi connectivity index (χ2v) is 15.2. The van der Waals surface area contributed by atoms with E-state index >= 15 is 0 Å². The predicted octanol–water partition coefficient (Wildman–Crippen LogP) is 15.8. The van der Waals surface area contributed by atoms with Gasteiger partial charge in [-0.05, 0) is 106 Å². The second kappa shape index (κ2) is 13.8.